The van der Waals surface area contributed by atoms with Gasteiger partial charge in [-0.05, 0) is 40.8 Å². The second kappa shape index (κ2) is 7.99. The van der Waals surface area contributed by atoms with Crippen LogP contribution in [0.1, 0.15) is 40.5 Å². The second-order valence-electron chi connectivity index (χ2n) is 8.78. The minimum absolute atomic E-state index is 0.0241. The maximum absolute atomic E-state index is 13.6. The Labute approximate surface area is 197 Å². The van der Waals surface area contributed by atoms with Crippen LogP contribution in [0.2, 0.25) is 0 Å². The van der Waals surface area contributed by atoms with Crippen LogP contribution in [0.5, 0.6) is 11.5 Å². The largest absolute Gasteiger partial charge is 0.426 e. The maximum Gasteiger partial charge on any atom is 0.335 e. The predicted molar refractivity (Wildman–Crippen MR) is 130 cm³/mol. The van der Waals surface area contributed by atoms with E-state index in [9.17, 15) is 9.59 Å². The van der Waals surface area contributed by atoms with Gasteiger partial charge in [-0.1, -0.05) is 79.4 Å². The van der Waals surface area contributed by atoms with Gasteiger partial charge in [0.1, 0.15) is 11.5 Å². The summed E-state index contributed by atoms with van der Waals surface area (Å²) in [5, 5.41) is 1.41. The van der Waals surface area contributed by atoms with Gasteiger partial charge in [-0.3, -0.25) is 4.79 Å². The van der Waals surface area contributed by atoms with E-state index >= 15 is 0 Å². The molecule has 166 valence electrons. The van der Waals surface area contributed by atoms with Crippen LogP contribution >= 0.6 is 0 Å². The summed E-state index contributed by atoms with van der Waals surface area (Å²) >= 11 is 0. The van der Waals surface area contributed by atoms with E-state index in [1.807, 2.05) is 36.4 Å². The maximum atomic E-state index is 13.6. The normalized spacial score (nSPS) is 19.7. The zero-order chi connectivity index (χ0) is 23.2. The molecule has 7 rings (SSSR count). The highest BCUT2D eigenvalue weighted by Crippen LogP contribution is 2.55. The molecule has 3 aliphatic rings. The van der Waals surface area contributed by atoms with Gasteiger partial charge in [0.25, 0.3) is 0 Å². The number of rotatable bonds is 4. The quantitative estimate of drug-likeness (QED) is 0.215. The summed E-state index contributed by atoms with van der Waals surface area (Å²) in [5.41, 5.74) is 5.06. The Kier molecular flexibility index (Phi) is 4.80. The Morgan fingerprint density at radius 3 is 1.76 bits per heavy atom. The lowest BCUT2D eigenvalue weighted by Gasteiger charge is -2.44. The Hall–Kier alpha value is -4.18. The highest BCUT2D eigenvalue weighted by molar-refractivity contribution is 5.97. The Morgan fingerprint density at radius 1 is 0.706 bits per heavy atom. The molecule has 4 heteroatoms. The Bertz CT molecular complexity index is 1420. The first-order valence-corrected chi connectivity index (χ1v) is 11.4. The van der Waals surface area contributed by atoms with Crippen molar-refractivity contribution in [1.82, 2.24) is 0 Å². The SMILES string of the molecule is C=CC(=O)Oc1ccc(OC(=O)C2CC3c4ccccc4C2c2ccccc23)c2ccccc12. The molecule has 0 spiro atoms. The summed E-state index contributed by atoms with van der Waals surface area (Å²) in [7, 11) is 0. The highest BCUT2D eigenvalue weighted by Gasteiger charge is 2.46. The Morgan fingerprint density at radius 2 is 1.21 bits per heavy atom. The van der Waals surface area contributed by atoms with Gasteiger partial charge in [-0.15, -0.1) is 0 Å². The summed E-state index contributed by atoms with van der Waals surface area (Å²) in [6.45, 7) is 3.45. The number of carbonyl (C=O) groups excluding carboxylic acids is 2. The van der Waals surface area contributed by atoms with Gasteiger partial charge in [-0.25, -0.2) is 4.79 Å². The molecule has 4 aromatic rings. The number of fused-ring (bicyclic) bond motifs is 2. The Balaban J connectivity index is 1.37. The summed E-state index contributed by atoms with van der Waals surface area (Å²) in [4.78, 5) is 25.4. The smallest absolute Gasteiger partial charge is 0.335 e. The summed E-state index contributed by atoms with van der Waals surface area (Å²) in [5.74, 6) is -0.0180. The number of hydrogen-bond donors (Lipinski definition) is 0. The van der Waals surface area contributed by atoms with Crippen molar-refractivity contribution >= 4 is 22.7 Å². The molecular weight excluding hydrogens is 424 g/mol. The molecule has 4 aromatic carbocycles. The molecule has 1 unspecified atom stereocenters. The van der Waals surface area contributed by atoms with Crippen molar-refractivity contribution in [2.75, 3.05) is 0 Å². The average Bonchev–Trinajstić information content (AvgIpc) is 2.90. The van der Waals surface area contributed by atoms with E-state index in [2.05, 4.69) is 43.0 Å². The lowest BCUT2D eigenvalue weighted by Crippen LogP contribution is -2.38. The zero-order valence-corrected chi connectivity index (χ0v) is 18.4. The van der Waals surface area contributed by atoms with Crippen LogP contribution < -0.4 is 9.47 Å². The van der Waals surface area contributed by atoms with Crippen LogP contribution in [-0.2, 0) is 9.59 Å². The topological polar surface area (TPSA) is 52.6 Å². The molecule has 2 bridgehead atoms. The van der Waals surface area contributed by atoms with Crippen molar-refractivity contribution in [3.8, 4) is 11.5 Å². The van der Waals surface area contributed by atoms with E-state index in [-0.39, 0.29) is 23.7 Å². The lowest BCUT2D eigenvalue weighted by molar-refractivity contribution is -0.140. The van der Waals surface area contributed by atoms with Gasteiger partial charge >= 0.3 is 11.9 Å². The molecule has 0 aliphatic heterocycles. The minimum atomic E-state index is -0.537. The predicted octanol–water partition coefficient (Wildman–Crippen LogP) is 6.13. The fourth-order valence-electron chi connectivity index (χ4n) is 5.62. The fourth-order valence-corrected chi connectivity index (χ4v) is 5.62. The van der Waals surface area contributed by atoms with Crippen LogP contribution in [0.3, 0.4) is 0 Å². The molecule has 34 heavy (non-hydrogen) atoms. The molecule has 4 nitrogen and oxygen atoms in total. The highest BCUT2D eigenvalue weighted by atomic mass is 16.5. The summed E-state index contributed by atoms with van der Waals surface area (Å²) in [6.07, 6.45) is 1.85. The van der Waals surface area contributed by atoms with Crippen molar-refractivity contribution in [2.24, 2.45) is 5.92 Å². The third-order valence-corrected chi connectivity index (χ3v) is 7.04. The van der Waals surface area contributed by atoms with Crippen molar-refractivity contribution in [3.05, 3.63) is 120 Å². The number of hydrogen-bond acceptors (Lipinski definition) is 4. The van der Waals surface area contributed by atoms with E-state index in [1.165, 1.54) is 22.3 Å². The van der Waals surface area contributed by atoms with E-state index in [4.69, 9.17) is 9.47 Å². The van der Waals surface area contributed by atoms with Gasteiger partial charge < -0.3 is 9.47 Å². The van der Waals surface area contributed by atoms with Gasteiger partial charge in [-0.2, -0.15) is 0 Å². The molecule has 0 aromatic heterocycles. The average molecular weight is 447 g/mol. The van der Waals surface area contributed by atoms with E-state index < -0.39 is 5.97 Å². The van der Waals surface area contributed by atoms with Crippen LogP contribution in [0, 0.1) is 5.92 Å². The number of ether oxygens (including phenoxy) is 2. The molecular formula is C30H22O4. The second-order valence-corrected chi connectivity index (χ2v) is 8.78. The number of esters is 2. The molecule has 1 atom stereocenters. The van der Waals surface area contributed by atoms with Crippen molar-refractivity contribution in [2.45, 2.75) is 18.3 Å². The number of benzene rings is 4. The van der Waals surface area contributed by atoms with Crippen molar-refractivity contribution < 1.29 is 19.1 Å². The summed E-state index contributed by atoms with van der Waals surface area (Å²) < 4.78 is 11.4. The third kappa shape index (κ3) is 3.14. The van der Waals surface area contributed by atoms with Crippen molar-refractivity contribution in [1.29, 1.82) is 0 Å². The van der Waals surface area contributed by atoms with Gasteiger partial charge in [0, 0.05) is 28.7 Å². The summed E-state index contributed by atoms with van der Waals surface area (Å²) in [6, 6.07) is 27.6. The van der Waals surface area contributed by atoms with E-state index in [1.54, 1.807) is 12.1 Å². The fraction of sp³-hybridized carbons (Fsp3) is 0.133. The van der Waals surface area contributed by atoms with Crippen LogP contribution in [0.25, 0.3) is 10.8 Å². The standard InChI is InChI=1S/C30H22O4/c1-2-28(31)33-26-15-16-27(21-12-6-5-11-20(21)26)34-30(32)25-17-24-18-9-3-7-13-22(18)29(25)23-14-8-4-10-19(23)24/h2-16,24-25,29H,1,17H2. The molecule has 0 saturated carbocycles. The van der Waals surface area contributed by atoms with Crippen LogP contribution in [0.15, 0.2) is 97.6 Å². The first-order valence-electron chi connectivity index (χ1n) is 11.4. The van der Waals surface area contributed by atoms with Gasteiger partial charge in [0.2, 0.25) is 0 Å². The molecule has 3 aliphatic carbocycles. The molecule has 0 N–H and O–H groups in total. The number of carbonyl (C=O) groups is 2. The lowest BCUT2D eigenvalue weighted by atomic mass is 9.59. The molecule has 0 saturated heterocycles. The molecule has 0 radical (unpaired) electrons. The first kappa shape index (κ1) is 20.4. The third-order valence-electron chi connectivity index (χ3n) is 7.04. The molecule has 0 heterocycles. The monoisotopic (exact) mass is 446 g/mol. The molecule has 0 fully saturated rings. The molecule has 0 amide bonds. The van der Waals surface area contributed by atoms with Crippen LogP contribution in [-0.4, -0.2) is 11.9 Å². The van der Waals surface area contributed by atoms with Gasteiger partial charge in [0.05, 0.1) is 5.92 Å². The van der Waals surface area contributed by atoms with Crippen molar-refractivity contribution in [3.63, 3.8) is 0 Å². The van der Waals surface area contributed by atoms with Crippen LogP contribution in [0.4, 0.5) is 0 Å². The first-order chi connectivity index (χ1) is 16.7. The van der Waals surface area contributed by atoms with E-state index in [0.717, 1.165) is 12.5 Å². The zero-order valence-electron chi connectivity index (χ0n) is 18.4. The van der Waals surface area contributed by atoms with Gasteiger partial charge in [0.15, 0.2) is 0 Å². The minimum Gasteiger partial charge on any atom is -0.426 e. The van der Waals surface area contributed by atoms with E-state index in [0.29, 0.717) is 22.3 Å².